The Kier molecular flexibility index (Phi) is 32.5. The Morgan fingerprint density at radius 3 is 1.74 bits per heavy atom. The fraction of sp³-hybridized carbons (Fsp3) is 0.824. The van der Waals surface area contributed by atoms with E-state index in [9.17, 15) is 9.59 Å². The van der Waals surface area contributed by atoms with Crippen LogP contribution in [-0.4, -0.2) is 35.9 Å². The molecule has 2 amide bonds. The molecule has 0 aromatic heterocycles. The second kappa shape index (κ2) is 25.4. The molecule has 0 saturated heterocycles. The fourth-order valence-electron chi connectivity index (χ4n) is 1.09. The van der Waals surface area contributed by atoms with Gasteiger partial charge in [-0.1, -0.05) is 60.3 Å². The highest BCUT2D eigenvalue weighted by Gasteiger charge is 2.18. The van der Waals surface area contributed by atoms with Crippen LogP contribution in [0.4, 0.5) is 4.79 Å². The lowest BCUT2D eigenvalue weighted by molar-refractivity contribution is -0.139. The molecule has 0 rings (SSSR count). The minimum atomic E-state index is -0.982. The van der Waals surface area contributed by atoms with E-state index in [1.807, 2.05) is 20.8 Å². The van der Waals surface area contributed by atoms with Crippen LogP contribution in [0.15, 0.2) is 0 Å². The highest BCUT2D eigenvalue weighted by atomic mass is 16.4. The van der Waals surface area contributed by atoms with Crippen LogP contribution in [0.3, 0.4) is 0 Å². The number of carboxylic acid groups (broad SMARTS) is 1. The van der Waals surface area contributed by atoms with Gasteiger partial charge in [0.25, 0.3) is 0 Å². The monoisotopic (exact) mass is 333 g/mol. The third-order valence-corrected chi connectivity index (χ3v) is 1.93. The van der Waals surface area contributed by atoms with Crippen molar-refractivity contribution in [3.05, 3.63) is 0 Å². The van der Waals surface area contributed by atoms with Crippen molar-refractivity contribution in [3.8, 4) is 0 Å². The molecule has 0 heterocycles. The smallest absolute Gasteiger partial charge is 0.326 e. The van der Waals surface area contributed by atoms with Crippen LogP contribution >= 0.6 is 0 Å². The number of carboxylic acids is 1. The lowest BCUT2D eigenvalue weighted by Gasteiger charge is -2.13. The normalized spacial score (nSPS) is 9.39. The summed E-state index contributed by atoms with van der Waals surface area (Å²) in [7, 11) is 1.46. The summed E-state index contributed by atoms with van der Waals surface area (Å²) >= 11 is 0. The largest absolute Gasteiger partial charge is 0.480 e. The lowest BCUT2D eigenvalue weighted by atomic mass is 10.1. The van der Waals surface area contributed by atoms with Gasteiger partial charge in [0.15, 0.2) is 0 Å². The van der Waals surface area contributed by atoms with Crippen LogP contribution in [0, 0.1) is 5.41 Å². The van der Waals surface area contributed by atoms with Crippen molar-refractivity contribution in [2.45, 2.75) is 86.6 Å². The summed E-state index contributed by atoms with van der Waals surface area (Å²) in [5.41, 5.74) is 0.667. The van der Waals surface area contributed by atoms with Crippen molar-refractivity contribution < 1.29 is 14.7 Å². The SMILES string of the molecule is CC.CC(C)=N.CCC.CCCCC[C@H](NC(=O)NC)C(=O)O. The zero-order chi connectivity index (χ0) is 19.3. The molecule has 0 aliphatic rings. The van der Waals surface area contributed by atoms with Crippen molar-refractivity contribution in [1.82, 2.24) is 10.6 Å². The van der Waals surface area contributed by atoms with Crippen molar-refractivity contribution >= 4 is 17.7 Å². The molecule has 0 saturated carbocycles. The van der Waals surface area contributed by atoms with Gasteiger partial charge in [0.2, 0.25) is 0 Å². The number of urea groups is 1. The average Bonchev–Trinajstić information content (AvgIpc) is 2.48. The molecule has 0 radical (unpaired) electrons. The summed E-state index contributed by atoms with van der Waals surface area (Å²) in [5, 5.41) is 20.0. The third kappa shape index (κ3) is 38.5. The summed E-state index contributed by atoms with van der Waals surface area (Å²) < 4.78 is 0. The highest BCUT2D eigenvalue weighted by Crippen LogP contribution is 2.03. The van der Waals surface area contributed by atoms with E-state index in [4.69, 9.17) is 10.5 Å². The average molecular weight is 334 g/mol. The Hall–Kier alpha value is -1.59. The van der Waals surface area contributed by atoms with Gasteiger partial charge < -0.3 is 21.1 Å². The number of rotatable bonds is 6. The Balaban J connectivity index is -0.000000166. The van der Waals surface area contributed by atoms with Gasteiger partial charge >= 0.3 is 12.0 Å². The molecule has 0 aromatic rings. The maximum Gasteiger partial charge on any atom is 0.326 e. The summed E-state index contributed by atoms with van der Waals surface area (Å²) in [6, 6.07) is -1.23. The number of hydrogen-bond donors (Lipinski definition) is 4. The summed E-state index contributed by atoms with van der Waals surface area (Å²) in [5.74, 6) is -0.982. The minimum absolute atomic E-state index is 0.450. The molecule has 0 spiro atoms. The van der Waals surface area contributed by atoms with E-state index in [2.05, 4.69) is 24.5 Å². The number of hydrogen-bond acceptors (Lipinski definition) is 3. The van der Waals surface area contributed by atoms with Gasteiger partial charge in [-0.05, 0) is 20.3 Å². The predicted molar refractivity (Wildman–Crippen MR) is 99.5 cm³/mol. The number of amides is 2. The number of nitrogens with one attached hydrogen (secondary N) is 3. The molecule has 1 atom stereocenters. The van der Waals surface area contributed by atoms with Gasteiger partial charge in [-0.15, -0.1) is 0 Å². The fourth-order valence-corrected chi connectivity index (χ4v) is 1.09. The number of carbonyl (C=O) groups excluding carboxylic acids is 1. The Bertz CT molecular complexity index is 278. The number of carbonyl (C=O) groups is 2. The second-order valence-electron chi connectivity index (χ2n) is 4.82. The molecule has 0 aromatic carbocycles. The minimum Gasteiger partial charge on any atom is -0.480 e. The van der Waals surface area contributed by atoms with E-state index in [1.165, 1.54) is 13.5 Å². The van der Waals surface area contributed by atoms with Gasteiger partial charge in [0.1, 0.15) is 6.04 Å². The van der Waals surface area contributed by atoms with Gasteiger partial charge in [-0.3, -0.25) is 0 Å². The Morgan fingerprint density at radius 2 is 1.48 bits per heavy atom. The molecule has 0 aliphatic heterocycles. The zero-order valence-corrected chi connectivity index (χ0v) is 16.4. The van der Waals surface area contributed by atoms with Crippen molar-refractivity contribution in [3.63, 3.8) is 0 Å². The van der Waals surface area contributed by atoms with Gasteiger partial charge in [-0.25, -0.2) is 9.59 Å². The molecule has 0 bridgehead atoms. The zero-order valence-electron chi connectivity index (χ0n) is 16.4. The first-order valence-electron chi connectivity index (χ1n) is 8.49. The van der Waals surface area contributed by atoms with Gasteiger partial charge in [-0.2, -0.15) is 0 Å². The van der Waals surface area contributed by atoms with Crippen LogP contribution in [-0.2, 0) is 4.79 Å². The van der Waals surface area contributed by atoms with Crippen LogP contribution in [0.5, 0.6) is 0 Å². The van der Waals surface area contributed by atoms with Crippen LogP contribution in [0.25, 0.3) is 0 Å². The first kappa shape index (κ1) is 29.4. The summed E-state index contributed by atoms with van der Waals surface area (Å²) in [4.78, 5) is 21.6. The van der Waals surface area contributed by atoms with Gasteiger partial charge in [0.05, 0.1) is 0 Å². The molecule has 0 aliphatic carbocycles. The molecular formula is C17H39N3O3. The van der Waals surface area contributed by atoms with Crippen molar-refractivity contribution in [2.24, 2.45) is 0 Å². The molecule has 0 fully saturated rings. The van der Waals surface area contributed by atoms with E-state index in [1.54, 1.807) is 13.8 Å². The Labute approximate surface area is 142 Å². The predicted octanol–water partition coefficient (Wildman–Crippen LogP) is 4.44. The van der Waals surface area contributed by atoms with E-state index in [-0.39, 0.29) is 0 Å². The molecular weight excluding hydrogens is 294 g/mol. The maximum absolute atomic E-state index is 10.9. The molecule has 0 unspecified atom stereocenters. The van der Waals surface area contributed by atoms with Crippen molar-refractivity contribution in [1.29, 1.82) is 5.41 Å². The number of unbranched alkanes of at least 4 members (excludes halogenated alkanes) is 2. The van der Waals surface area contributed by atoms with Gasteiger partial charge in [0, 0.05) is 12.8 Å². The molecule has 6 nitrogen and oxygen atoms in total. The first-order valence-corrected chi connectivity index (χ1v) is 8.49. The molecule has 6 heteroatoms. The van der Waals surface area contributed by atoms with Crippen LogP contribution in [0.2, 0.25) is 0 Å². The lowest BCUT2D eigenvalue weighted by Crippen LogP contribution is -2.44. The topological polar surface area (TPSA) is 102 Å². The third-order valence-electron chi connectivity index (χ3n) is 1.93. The number of aliphatic carboxylic acids is 1. The second-order valence-corrected chi connectivity index (χ2v) is 4.82. The van der Waals surface area contributed by atoms with E-state index in [0.717, 1.165) is 19.3 Å². The molecule has 140 valence electrons. The first-order chi connectivity index (χ1) is 10.8. The maximum atomic E-state index is 10.9. The quantitative estimate of drug-likeness (QED) is 0.427. The summed E-state index contributed by atoms with van der Waals surface area (Å²) in [6.07, 6.45) is 4.57. The van der Waals surface area contributed by atoms with Crippen LogP contribution < -0.4 is 10.6 Å². The van der Waals surface area contributed by atoms with Crippen molar-refractivity contribution in [2.75, 3.05) is 7.05 Å². The highest BCUT2D eigenvalue weighted by molar-refractivity contribution is 5.82. The van der Waals surface area contributed by atoms with E-state index in [0.29, 0.717) is 12.1 Å². The standard InChI is InChI=1S/C9H18N2O3.C3H7N.C3H8.C2H6/c1-3-4-5-6-7(8(12)13)11-9(14)10-2;1-3(2)4;1-3-2;1-2/h7H,3-6H2,1-2H3,(H,12,13)(H2,10,11,14);4H,1-2H3;3H2,1-2H3;1-2H3/t7-;;;/m0.../s1. The molecule has 23 heavy (non-hydrogen) atoms. The summed E-state index contributed by atoms with van der Waals surface area (Å²) in [6.45, 7) is 13.8. The van der Waals surface area contributed by atoms with E-state index < -0.39 is 18.0 Å². The van der Waals surface area contributed by atoms with E-state index >= 15 is 0 Å². The van der Waals surface area contributed by atoms with Crippen LogP contribution in [0.1, 0.15) is 80.6 Å². The Morgan fingerprint density at radius 1 is 1.09 bits per heavy atom. The molecule has 4 N–H and O–H groups in total.